The van der Waals surface area contributed by atoms with Crippen molar-refractivity contribution >= 4 is 17.7 Å². The molecule has 0 aliphatic rings. The molecule has 1 amide bonds. The monoisotopic (exact) mass is 342 g/mol. The largest absolute Gasteiger partial charge is 0.447 e. The van der Waals surface area contributed by atoms with E-state index < -0.39 is 28.2 Å². The Bertz CT molecular complexity index is 692. The molecule has 0 saturated heterocycles. The van der Waals surface area contributed by atoms with E-state index in [-0.39, 0.29) is 18.7 Å². The Hall–Kier alpha value is -2.06. The van der Waals surface area contributed by atoms with Gasteiger partial charge in [-0.2, -0.15) is 13.2 Å². The van der Waals surface area contributed by atoms with Crippen LogP contribution >= 0.6 is 11.8 Å². The Balaban J connectivity index is 2.12. The molecule has 0 aliphatic heterocycles. The second-order valence-electron chi connectivity index (χ2n) is 4.51. The van der Waals surface area contributed by atoms with Gasteiger partial charge in [0.25, 0.3) is 5.91 Å². The SMILES string of the molecule is O=C(NCc1ccccc1CO)c1cccnc1SC(F)(F)F. The highest BCUT2D eigenvalue weighted by Gasteiger charge is 2.32. The normalized spacial score (nSPS) is 11.3. The van der Waals surface area contributed by atoms with Crippen molar-refractivity contribution in [1.29, 1.82) is 0 Å². The van der Waals surface area contributed by atoms with Crippen LogP contribution in [0.25, 0.3) is 0 Å². The van der Waals surface area contributed by atoms with Gasteiger partial charge in [-0.05, 0) is 23.3 Å². The molecule has 23 heavy (non-hydrogen) atoms. The predicted molar refractivity (Wildman–Crippen MR) is 79.7 cm³/mol. The van der Waals surface area contributed by atoms with Gasteiger partial charge in [-0.25, -0.2) is 4.98 Å². The quantitative estimate of drug-likeness (QED) is 0.820. The average molecular weight is 342 g/mol. The van der Waals surface area contributed by atoms with Gasteiger partial charge >= 0.3 is 5.51 Å². The van der Waals surface area contributed by atoms with Crippen LogP contribution < -0.4 is 5.32 Å². The van der Waals surface area contributed by atoms with Crippen LogP contribution in [0.5, 0.6) is 0 Å². The number of nitrogens with zero attached hydrogens (tertiary/aromatic N) is 1. The summed E-state index contributed by atoms with van der Waals surface area (Å²) in [7, 11) is 0. The summed E-state index contributed by atoms with van der Waals surface area (Å²) < 4.78 is 37.5. The summed E-state index contributed by atoms with van der Waals surface area (Å²) in [5, 5.41) is 11.4. The minimum atomic E-state index is -4.52. The fourth-order valence-electron chi connectivity index (χ4n) is 1.91. The molecule has 0 fully saturated rings. The Morgan fingerprint density at radius 1 is 1.17 bits per heavy atom. The second-order valence-corrected chi connectivity index (χ2v) is 5.57. The van der Waals surface area contributed by atoms with Crippen LogP contribution in [0.2, 0.25) is 0 Å². The molecule has 2 N–H and O–H groups in total. The summed E-state index contributed by atoms with van der Waals surface area (Å²) in [5.74, 6) is -0.655. The number of aliphatic hydroxyl groups is 1. The number of rotatable bonds is 5. The zero-order valence-corrected chi connectivity index (χ0v) is 12.6. The maximum Gasteiger partial charge on any atom is 0.447 e. The Kier molecular flexibility index (Phi) is 5.62. The highest BCUT2D eigenvalue weighted by atomic mass is 32.2. The molecule has 0 atom stereocenters. The van der Waals surface area contributed by atoms with Gasteiger partial charge in [-0.15, -0.1) is 0 Å². The van der Waals surface area contributed by atoms with Crippen molar-refractivity contribution in [2.75, 3.05) is 0 Å². The minimum Gasteiger partial charge on any atom is -0.392 e. The average Bonchev–Trinajstić information content (AvgIpc) is 2.52. The molecule has 4 nitrogen and oxygen atoms in total. The Morgan fingerprint density at radius 2 is 1.87 bits per heavy atom. The van der Waals surface area contributed by atoms with E-state index in [4.69, 9.17) is 0 Å². The molecule has 2 rings (SSSR count). The summed E-state index contributed by atoms with van der Waals surface area (Å²) in [6.45, 7) is -0.0886. The van der Waals surface area contributed by atoms with Gasteiger partial charge in [0, 0.05) is 24.5 Å². The fourth-order valence-corrected chi connectivity index (χ4v) is 2.51. The molecule has 0 bridgehead atoms. The van der Waals surface area contributed by atoms with Crippen molar-refractivity contribution in [2.24, 2.45) is 0 Å². The number of nitrogens with one attached hydrogen (secondary N) is 1. The Morgan fingerprint density at radius 3 is 2.52 bits per heavy atom. The van der Waals surface area contributed by atoms with Crippen molar-refractivity contribution in [3.8, 4) is 0 Å². The van der Waals surface area contributed by atoms with E-state index in [0.717, 1.165) is 0 Å². The number of pyridine rings is 1. The summed E-state index contributed by atoms with van der Waals surface area (Å²) >= 11 is -0.427. The molecule has 1 aromatic carbocycles. The number of thioether (sulfide) groups is 1. The first-order chi connectivity index (χ1) is 10.9. The molecular formula is C15H13F3N2O2S. The zero-order chi connectivity index (χ0) is 16.9. The van der Waals surface area contributed by atoms with Gasteiger partial charge in [0.1, 0.15) is 5.03 Å². The molecule has 0 aliphatic carbocycles. The van der Waals surface area contributed by atoms with Crippen LogP contribution in [-0.2, 0) is 13.2 Å². The van der Waals surface area contributed by atoms with E-state index in [0.29, 0.717) is 11.1 Å². The van der Waals surface area contributed by atoms with Gasteiger partial charge in [-0.1, -0.05) is 24.3 Å². The minimum absolute atomic E-state index is 0.0978. The van der Waals surface area contributed by atoms with Crippen molar-refractivity contribution in [1.82, 2.24) is 10.3 Å². The van der Waals surface area contributed by atoms with Crippen LogP contribution in [0, 0.1) is 0 Å². The highest BCUT2D eigenvalue weighted by Crippen LogP contribution is 2.37. The fraction of sp³-hybridized carbons (Fsp3) is 0.200. The van der Waals surface area contributed by atoms with E-state index in [1.807, 2.05) is 0 Å². The van der Waals surface area contributed by atoms with Gasteiger partial charge in [0.2, 0.25) is 0 Å². The van der Waals surface area contributed by atoms with Crippen LogP contribution in [0.4, 0.5) is 13.2 Å². The lowest BCUT2D eigenvalue weighted by Gasteiger charge is -2.11. The molecule has 0 unspecified atom stereocenters. The molecule has 0 radical (unpaired) electrons. The van der Waals surface area contributed by atoms with Crippen LogP contribution in [-0.4, -0.2) is 21.5 Å². The molecular weight excluding hydrogens is 329 g/mol. The lowest BCUT2D eigenvalue weighted by molar-refractivity contribution is -0.0329. The number of amides is 1. The molecule has 2 aromatic rings. The summed E-state index contributed by atoms with van der Waals surface area (Å²) in [6.07, 6.45) is 1.20. The molecule has 0 saturated carbocycles. The lowest BCUT2D eigenvalue weighted by Crippen LogP contribution is -2.24. The van der Waals surface area contributed by atoms with E-state index in [2.05, 4.69) is 10.3 Å². The number of hydrogen-bond acceptors (Lipinski definition) is 4. The third-order valence-electron chi connectivity index (χ3n) is 2.96. The van der Waals surface area contributed by atoms with E-state index >= 15 is 0 Å². The number of halogens is 3. The van der Waals surface area contributed by atoms with Gasteiger partial charge in [0.05, 0.1) is 12.2 Å². The number of carbonyl (C=O) groups is 1. The number of aliphatic hydroxyl groups excluding tert-OH is 1. The van der Waals surface area contributed by atoms with E-state index in [1.54, 1.807) is 24.3 Å². The standard InChI is InChI=1S/C15H13F3N2O2S/c16-15(17,18)23-14-12(6-3-7-19-14)13(22)20-8-10-4-1-2-5-11(10)9-21/h1-7,21H,8-9H2,(H,20,22). The zero-order valence-electron chi connectivity index (χ0n) is 11.8. The Labute approximate surface area is 134 Å². The first-order valence-corrected chi connectivity index (χ1v) is 7.39. The van der Waals surface area contributed by atoms with Crippen molar-refractivity contribution in [2.45, 2.75) is 23.7 Å². The summed E-state index contributed by atoms with van der Waals surface area (Å²) in [5.41, 5.74) is -3.33. The van der Waals surface area contributed by atoms with E-state index in [1.165, 1.54) is 18.3 Å². The number of benzene rings is 1. The van der Waals surface area contributed by atoms with Crippen LogP contribution in [0.3, 0.4) is 0 Å². The topological polar surface area (TPSA) is 62.2 Å². The summed E-state index contributed by atoms with van der Waals surface area (Å²) in [4.78, 5) is 15.7. The van der Waals surface area contributed by atoms with Crippen molar-refractivity contribution in [3.05, 3.63) is 59.3 Å². The first-order valence-electron chi connectivity index (χ1n) is 6.57. The maximum absolute atomic E-state index is 12.5. The number of hydrogen-bond donors (Lipinski definition) is 2. The summed E-state index contributed by atoms with van der Waals surface area (Å²) in [6, 6.07) is 9.61. The van der Waals surface area contributed by atoms with Gasteiger partial charge < -0.3 is 10.4 Å². The van der Waals surface area contributed by atoms with Gasteiger partial charge in [-0.3, -0.25) is 4.79 Å². The second kappa shape index (κ2) is 7.47. The van der Waals surface area contributed by atoms with Crippen molar-refractivity contribution < 1.29 is 23.1 Å². The molecule has 8 heteroatoms. The third-order valence-corrected chi connectivity index (χ3v) is 3.71. The highest BCUT2D eigenvalue weighted by molar-refractivity contribution is 8.00. The predicted octanol–water partition coefficient (Wildman–Crippen LogP) is 3.12. The molecule has 1 heterocycles. The smallest absolute Gasteiger partial charge is 0.392 e. The third kappa shape index (κ3) is 4.97. The lowest BCUT2D eigenvalue weighted by atomic mass is 10.1. The maximum atomic E-state index is 12.5. The van der Waals surface area contributed by atoms with Crippen molar-refractivity contribution in [3.63, 3.8) is 0 Å². The van der Waals surface area contributed by atoms with Crippen LogP contribution in [0.1, 0.15) is 21.5 Å². The molecule has 1 aromatic heterocycles. The number of carbonyl (C=O) groups excluding carboxylic acids is 1. The van der Waals surface area contributed by atoms with E-state index in [9.17, 15) is 23.1 Å². The molecule has 0 spiro atoms. The first kappa shape index (κ1) is 17.3. The number of alkyl halides is 3. The molecule has 122 valence electrons. The number of aromatic nitrogens is 1. The van der Waals surface area contributed by atoms with Crippen LogP contribution in [0.15, 0.2) is 47.6 Å². The van der Waals surface area contributed by atoms with Gasteiger partial charge in [0.15, 0.2) is 0 Å².